The van der Waals surface area contributed by atoms with Crippen LogP contribution in [0.2, 0.25) is 0 Å². The van der Waals surface area contributed by atoms with Gasteiger partial charge in [-0.15, -0.1) is 10.9 Å². The average Bonchev–Trinajstić information content (AvgIpc) is 3.66. The van der Waals surface area contributed by atoms with Gasteiger partial charge in [-0.3, -0.25) is 14.6 Å². The number of carbonyl (C=O) groups is 3. The summed E-state index contributed by atoms with van der Waals surface area (Å²) < 4.78 is 6.07. The Hall–Kier alpha value is -4.35. The molecule has 2 saturated heterocycles. The first-order chi connectivity index (χ1) is 21.0. The number of pyridine rings is 1. The molecule has 4 aliphatic heterocycles. The minimum Gasteiger partial charge on any atom is -0.457 e. The molecule has 0 aliphatic carbocycles. The maximum atomic E-state index is 14.2. The van der Waals surface area contributed by atoms with Gasteiger partial charge in [0.15, 0.2) is 0 Å². The highest BCUT2D eigenvalue weighted by molar-refractivity contribution is 8.21. The van der Waals surface area contributed by atoms with Gasteiger partial charge in [0.2, 0.25) is 5.91 Å². The number of urea groups is 1. The molecule has 1 aromatic heterocycles. The van der Waals surface area contributed by atoms with E-state index in [-0.39, 0.29) is 29.9 Å². The molecule has 43 heavy (non-hydrogen) atoms. The molecule has 7 rings (SSSR count). The van der Waals surface area contributed by atoms with E-state index in [2.05, 4.69) is 21.3 Å². The number of likely N-dealkylation sites (tertiary alicyclic amines) is 1. The molecule has 2 aromatic carbocycles. The van der Waals surface area contributed by atoms with E-state index in [9.17, 15) is 14.4 Å². The third kappa shape index (κ3) is 5.23. The summed E-state index contributed by atoms with van der Waals surface area (Å²) in [6, 6.07) is 16.5. The largest absolute Gasteiger partial charge is 0.457 e. The number of aromatic nitrogens is 1. The van der Waals surface area contributed by atoms with Crippen LogP contribution in [0.1, 0.15) is 36.8 Å². The Kier molecular flexibility index (Phi) is 7.28. The van der Waals surface area contributed by atoms with E-state index in [4.69, 9.17) is 9.72 Å². The van der Waals surface area contributed by atoms with Crippen LogP contribution in [0.3, 0.4) is 0 Å². The zero-order valence-corrected chi connectivity index (χ0v) is 24.7. The standard InChI is InChI=1S/C32H34N6O4S/c1-19-17-22(42-21-8-3-2-4-9-21)11-12-25(19)43-28(27-26-23(36-32(41)37-27)13-15-34-30(26)43)29(39)35-20-7-6-16-38(18-20)31(40)24-10-5-14-33-24/h2-4,8-9,11-13,15,17,20,24,33,43H,5-7,10,14,16,18H2,1H3,(H,35,39)(H2,36,37,41)/t20-,24-/m1/s1. The SMILES string of the molecule is Cc1cc(Oc2ccccc2)ccc1[SH]1C(C(=O)N[C@@H]2CCCN(C(=O)[C@H]3CCCN3)C2)=C2NC(=O)Nc3ccnc1c32. The van der Waals surface area contributed by atoms with Crippen LogP contribution in [0.15, 0.2) is 75.6 Å². The monoisotopic (exact) mass is 598 g/mol. The van der Waals surface area contributed by atoms with Gasteiger partial charge in [-0.05, 0) is 81.1 Å². The van der Waals surface area contributed by atoms with Gasteiger partial charge < -0.3 is 30.9 Å². The number of benzene rings is 2. The second-order valence-corrected chi connectivity index (χ2v) is 13.3. The van der Waals surface area contributed by atoms with Crippen molar-refractivity contribution in [3.63, 3.8) is 0 Å². The van der Waals surface area contributed by atoms with E-state index in [0.29, 0.717) is 35.1 Å². The summed E-state index contributed by atoms with van der Waals surface area (Å²) in [5.74, 6) is 1.31. The topological polar surface area (TPSA) is 125 Å². The second kappa shape index (κ2) is 11.4. The van der Waals surface area contributed by atoms with Gasteiger partial charge in [-0.25, -0.2) is 4.79 Å². The Bertz CT molecular complexity index is 1640. The van der Waals surface area contributed by atoms with Crippen molar-refractivity contribution in [2.75, 3.05) is 25.0 Å². The zero-order chi connectivity index (χ0) is 29.5. The fraction of sp³-hybridized carbons (Fsp3) is 0.312. The minimum absolute atomic E-state index is 0.113. The van der Waals surface area contributed by atoms with Gasteiger partial charge in [-0.2, -0.15) is 0 Å². The summed E-state index contributed by atoms with van der Waals surface area (Å²) in [6.45, 7) is 4.03. The summed E-state index contributed by atoms with van der Waals surface area (Å²) in [5.41, 5.74) is 2.86. The Balaban J connectivity index is 1.20. The van der Waals surface area contributed by atoms with Crippen molar-refractivity contribution in [1.82, 2.24) is 25.8 Å². The zero-order valence-electron chi connectivity index (χ0n) is 23.9. The van der Waals surface area contributed by atoms with Gasteiger partial charge in [-0.1, -0.05) is 18.2 Å². The fourth-order valence-corrected chi connectivity index (χ4v) is 9.00. The van der Waals surface area contributed by atoms with Crippen molar-refractivity contribution in [2.24, 2.45) is 0 Å². The molecule has 222 valence electrons. The highest BCUT2D eigenvalue weighted by Gasteiger charge is 2.41. The average molecular weight is 599 g/mol. The Morgan fingerprint density at radius 2 is 1.91 bits per heavy atom. The van der Waals surface area contributed by atoms with Crippen molar-refractivity contribution in [2.45, 2.75) is 54.6 Å². The third-order valence-corrected chi connectivity index (χ3v) is 11.0. The summed E-state index contributed by atoms with van der Waals surface area (Å²) in [4.78, 5) is 48.1. The number of nitrogens with one attached hydrogen (secondary N) is 4. The molecule has 3 aromatic rings. The first-order valence-electron chi connectivity index (χ1n) is 14.7. The highest BCUT2D eigenvalue weighted by Crippen LogP contribution is 2.61. The molecule has 4 N–H and O–H groups in total. The van der Waals surface area contributed by atoms with Crippen molar-refractivity contribution in [1.29, 1.82) is 0 Å². The lowest BCUT2D eigenvalue weighted by Gasteiger charge is -2.35. The predicted octanol–water partition coefficient (Wildman–Crippen LogP) is 4.28. The number of thiol groups is 1. The molecule has 4 amide bonds. The van der Waals surface area contributed by atoms with Crippen LogP contribution in [0.5, 0.6) is 11.5 Å². The van der Waals surface area contributed by atoms with E-state index in [1.54, 1.807) is 12.3 Å². The molecule has 0 spiro atoms. The van der Waals surface area contributed by atoms with E-state index in [1.807, 2.05) is 60.4 Å². The molecule has 3 atom stereocenters. The van der Waals surface area contributed by atoms with E-state index in [0.717, 1.165) is 59.0 Å². The van der Waals surface area contributed by atoms with Crippen LogP contribution in [0.25, 0.3) is 5.70 Å². The fourth-order valence-electron chi connectivity index (χ4n) is 6.38. The smallest absolute Gasteiger partial charge is 0.323 e. The number of nitrogens with zero attached hydrogens (tertiary/aromatic N) is 2. The Labute approximate surface area is 252 Å². The van der Waals surface area contributed by atoms with Crippen molar-refractivity contribution >= 4 is 40.1 Å². The molecule has 0 bridgehead atoms. The number of rotatable bonds is 6. The van der Waals surface area contributed by atoms with E-state index >= 15 is 0 Å². The van der Waals surface area contributed by atoms with Crippen LogP contribution in [0.4, 0.5) is 10.5 Å². The molecule has 0 saturated carbocycles. The van der Waals surface area contributed by atoms with E-state index < -0.39 is 10.9 Å². The van der Waals surface area contributed by atoms with Gasteiger partial charge in [0.1, 0.15) is 11.5 Å². The number of para-hydroxylation sites is 1. The maximum absolute atomic E-state index is 14.2. The van der Waals surface area contributed by atoms with E-state index in [1.165, 1.54) is 0 Å². The summed E-state index contributed by atoms with van der Waals surface area (Å²) in [7, 11) is -1.39. The molecule has 4 aliphatic rings. The number of ether oxygens (including phenoxy) is 1. The van der Waals surface area contributed by atoms with Gasteiger partial charge in [0.05, 0.1) is 32.9 Å². The van der Waals surface area contributed by atoms with Crippen LogP contribution >= 0.6 is 10.9 Å². The molecular formula is C32H34N6O4S. The van der Waals surface area contributed by atoms with Crippen LogP contribution in [-0.4, -0.2) is 59.4 Å². The van der Waals surface area contributed by atoms with Crippen LogP contribution < -0.4 is 26.0 Å². The number of hydrogen-bond acceptors (Lipinski definition) is 6. The molecular weight excluding hydrogens is 564 g/mol. The first-order valence-corrected chi connectivity index (χ1v) is 16.1. The lowest BCUT2D eigenvalue weighted by atomic mass is 10.0. The third-order valence-electron chi connectivity index (χ3n) is 8.37. The molecule has 2 fully saturated rings. The second-order valence-electron chi connectivity index (χ2n) is 11.3. The molecule has 10 nitrogen and oxygen atoms in total. The number of hydrogen-bond donors (Lipinski definition) is 5. The highest BCUT2D eigenvalue weighted by atomic mass is 32.2. The summed E-state index contributed by atoms with van der Waals surface area (Å²) in [5, 5.41) is 13.1. The Morgan fingerprint density at radius 1 is 1.05 bits per heavy atom. The molecule has 5 heterocycles. The summed E-state index contributed by atoms with van der Waals surface area (Å²) >= 11 is 0. The van der Waals surface area contributed by atoms with Gasteiger partial charge in [0.25, 0.3) is 5.91 Å². The number of carbonyl (C=O) groups excluding carboxylic acids is 3. The molecule has 1 unspecified atom stereocenters. The molecule has 0 radical (unpaired) electrons. The van der Waals surface area contributed by atoms with Crippen LogP contribution in [0, 0.1) is 6.92 Å². The number of aryl methyl sites for hydroxylation is 1. The lowest BCUT2D eigenvalue weighted by molar-refractivity contribution is -0.135. The maximum Gasteiger partial charge on any atom is 0.323 e. The molecule has 11 heteroatoms. The summed E-state index contributed by atoms with van der Waals surface area (Å²) in [6.07, 6.45) is 5.13. The van der Waals surface area contributed by atoms with Crippen molar-refractivity contribution in [3.8, 4) is 11.5 Å². The number of amides is 4. The quantitative estimate of drug-likeness (QED) is 0.270. The predicted molar refractivity (Wildman–Crippen MR) is 165 cm³/mol. The van der Waals surface area contributed by atoms with Gasteiger partial charge in [0, 0.05) is 30.2 Å². The van der Waals surface area contributed by atoms with Crippen LogP contribution in [-0.2, 0) is 9.59 Å². The van der Waals surface area contributed by atoms with Crippen molar-refractivity contribution in [3.05, 3.63) is 76.8 Å². The lowest BCUT2D eigenvalue weighted by Crippen LogP contribution is -2.53. The normalized spacial score (nSPS) is 23.3. The van der Waals surface area contributed by atoms with Gasteiger partial charge >= 0.3 is 6.03 Å². The number of anilines is 1. The minimum atomic E-state index is -1.39. The van der Waals surface area contributed by atoms with Crippen molar-refractivity contribution < 1.29 is 19.1 Å². The first kappa shape index (κ1) is 27.5. The number of piperidine rings is 1. The Morgan fingerprint density at radius 3 is 2.70 bits per heavy atom.